The van der Waals surface area contributed by atoms with Crippen molar-refractivity contribution < 1.29 is 14.5 Å². The van der Waals surface area contributed by atoms with Gasteiger partial charge in [0, 0.05) is 42.7 Å². The van der Waals surface area contributed by atoms with Crippen molar-refractivity contribution in [1.82, 2.24) is 4.98 Å². The Morgan fingerprint density at radius 1 is 1.00 bits per heavy atom. The maximum atomic E-state index is 13.6. The lowest BCUT2D eigenvalue weighted by Gasteiger charge is -2.30. The molecule has 1 N–H and O–H groups in total. The van der Waals surface area contributed by atoms with Gasteiger partial charge in [-0.1, -0.05) is 35.2 Å². The van der Waals surface area contributed by atoms with Crippen molar-refractivity contribution in [3.8, 4) is 0 Å². The molecule has 0 radical (unpaired) electrons. The van der Waals surface area contributed by atoms with Crippen molar-refractivity contribution in [2.75, 3.05) is 23.9 Å². The molecule has 0 bridgehead atoms. The second-order valence-corrected chi connectivity index (χ2v) is 10.2. The highest BCUT2D eigenvalue weighted by Gasteiger charge is 2.56. The highest BCUT2D eigenvalue weighted by atomic mass is 32.2. The molecule has 2 amide bonds. The Hall–Kier alpha value is -3.44. The van der Waals surface area contributed by atoms with Gasteiger partial charge >= 0.3 is 4.87 Å². The molecule has 168 valence electrons. The normalized spacial score (nSPS) is 21.6. The van der Waals surface area contributed by atoms with Crippen LogP contribution in [0.2, 0.25) is 0 Å². The number of aromatic nitrogens is 1. The van der Waals surface area contributed by atoms with Gasteiger partial charge in [-0.25, -0.2) is 4.90 Å². The first-order valence-corrected chi connectivity index (χ1v) is 11.7. The van der Waals surface area contributed by atoms with Crippen molar-refractivity contribution in [2.24, 2.45) is 5.92 Å². The van der Waals surface area contributed by atoms with Crippen molar-refractivity contribution in [3.63, 3.8) is 0 Å². The number of benzene rings is 2. The SMILES string of the molecule is CN(C)c1ccc([C@H]2c3sc(=O)[nH]c3SC3C(=O)N(c4ccc([N+](=O)[O-])cc4)C(=O)C32)cc1. The molecule has 2 unspecified atom stereocenters. The second kappa shape index (κ2) is 7.85. The van der Waals surface area contributed by atoms with Crippen LogP contribution in [0.25, 0.3) is 0 Å². The number of H-pyrrole nitrogens is 1. The van der Waals surface area contributed by atoms with Gasteiger partial charge in [-0.15, -0.1) is 0 Å². The van der Waals surface area contributed by atoms with Crippen molar-refractivity contribution in [2.45, 2.75) is 16.2 Å². The Morgan fingerprint density at radius 3 is 2.27 bits per heavy atom. The summed E-state index contributed by atoms with van der Waals surface area (Å²) in [5, 5.41) is 10.9. The minimum atomic E-state index is -0.705. The number of non-ortho nitro benzene ring substituents is 1. The Morgan fingerprint density at radius 2 is 1.67 bits per heavy atom. The summed E-state index contributed by atoms with van der Waals surface area (Å²) in [4.78, 5) is 56.0. The number of imide groups is 1. The predicted molar refractivity (Wildman–Crippen MR) is 126 cm³/mol. The number of carbonyl (C=O) groups excluding carboxylic acids is 2. The van der Waals surface area contributed by atoms with Crippen LogP contribution in [0, 0.1) is 16.0 Å². The number of thiazole rings is 1. The number of aromatic amines is 1. The van der Waals surface area contributed by atoms with Gasteiger partial charge in [-0.3, -0.25) is 24.5 Å². The number of fused-ring (bicyclic) bond motifs is 2. The number of nitrogens with zero attached hydrogens (tertiary/aromatic N) is 3. The molecule has 2 aliphatic heterocycles. The van der Waals surface area contributed by atoms with Crippen molar-refractivity contribution >= 4 is 52.0 Å². The highest BCUT2D eigenvalue weighted by molar-refractivity contribution is 8.00. The van der Waals surface area contributed by atoms with Gasteiger partial charge < -0.3 is 9.88 Å². The number of hydrogen-bond donors (Lipinski definition) is 1. The number of thioether (sulfide) groups is 1. The van der Waals surface area contributed by atoms with Gasteiger partial charge in [-0.2, -0.15) is 0 Å². The molecular weight excluding hydrogens is 464 g/mol. The second-order valence-electron chi connectivity index (χ2n) is 8.02. The number of amides is 2. The van der Waals surface area contributed by atoms with Crippen LogP contribution in [0.1, 0.15) is 16.4 Å². The Kier molecular flexibility index (Phi) is 5.09. The number of anilines is 2. The average Bonchev–Trinajstić information content (AvgIpc) is 3.28. The van der Waals surface area contributed by atoms with Gasteiger partial charge in [0.1, 0.15) is 5.25 Å². The van der Waals surface area contributed by atoms with E-state index in [2.05, 4.69) is 4.98 Å². The van der Waals surface area contributed by atoms with Gasteiger partial charge in [0.05, 0.1) is 21.6 Å². The first kappa shape index (κ1) is 21.4. The van der Waals surface area contributed by atoms with Gasteiger partial charge in [0.15, 0.2) is 0 Å². The van der Waals surface area contributed by atoms with Gasteiger partial charge in [0.25, 0.3) is 5.69 Å². The van der Waals surface area contributed by atoms with E-state index in [1.165, 1.54) is 36.0 Å². The first-order chi connectivity index (χ1) is 15.8. The summed E-state index contributed by atoms with van der Waals surface area (Å²) >= 11 is 2.26. The number of nitrogens with one attached hydrogen (secondary N) is 1. The topological polar surface area (TPSA) is 117 Å². The van der Waals surface area contributed by atoms with Gasteiger partial charge in [-0.05, 0) is 29.8 Å². The van der Waals surface area contributed by atoms with Crippen molar-refractivity contribution in [1.29, 1.82) is 0 Å². The molecule has 0 spiro atoms. The van der Waals surface area contributed by atoms with Crippen LogP contribution in [0.4, 0.5) is 17.1 Å². The molecule has 5 rings (SSSR count). The molecule has 2 aromatic carbocycles. The van der Waals surface area contributed by atoms with E-state index < -0.39 is 27.9 Å². The zero-order valence-electron chi connectivity index (χ0n) is 17.6. The summed E-state index contributed by atoms with van der Waals surface area (Å²) in [5.41, 5.74) is 2.01. The average molecular weight is 483 g/mol. The smallest absolute Gasteiger partial charge is 0.305 e. The number of nitro benzene ring substituents is 1. The fourth-order valence-electron chi connectivity index (χ4n) is 4.33. The molecule has 1 fully saturated rings. The molecule has 11 heteroatoms. The minimum Gasteiger partial charge on any atom is -0.378 e. The zero-order valence-corrected chi connectivity index (χ0v) is 19.2. The summed E-state index contributed by atoms with van der Waals surface area (Å²) in [6.45, 7) is 0. The highest BCUT2D eigenvalue weighted by Crippen LogP contribution is 2.53. The lowest BCUT2D eigenvalue weighted by Crippen LogP contribution is -2.32. The standard InChI is InChI=1S/C22H18N4O5S2/c1-24(2)12-5-3-11(4-6-12)15-16-18(32-19-17(15)33-22(29)23-19)21(28)25(20(16)27)13-7-9-14(10-8-13)26(30)31/h3-10,15-16,18H,1-2H3,(H,23,29)/t15-,16?,18?/m1/s1. The summed E-state index contributed by atoms with van der Waals surface area (Å²) in [7, 11) is 3.86. The maximum Gasteiger partial charge on any atom is 0.305 e. The minimum absolute atomic E-state index is 0.122. The van der Waals surface area contributed by atoms with E-state index in [1.807, 2.05) is 43.3 Å². The third-order valence-electron chi connectivity index (χ3n) is 5.91. The molecule has 1 saturated heterocycles. The number of rotatable bonds is 4. The van der Waals surface area contributed by atoms with Crippen LogP contribution in [-0.2, 0) is 9.59 Å². The Labute approximate surface area is 196 Å². The number of nitro groups is 1. The fraction of sp³-hybridized carbons (Fsp3) is 0.227. The number of hydrogen-bond acceptors (Lipinski definition) is 8. The Bertz CT molecular complexity index is 1330. The quantitative estimate of drug-likeness (QED) is 0.345. The van der Waals surface area contributed by atoms with Crippen LogP contribution in [0.3, 0.4) is 0 Å². The number of carbonyl (C=O) groups is 2. The molecule has 0 aliphatic carbocycles. The molecule has 3 atom stereocenters. The Balaban J connectivity index is 1.59. The van der Waals surface area contributed by atoms with Crippen LogP contribution >= 0.6 is 23.1 Å². The third kappa shape index (κ3) is 3.44. The third-order valence-corrected chi connectivity index (χ3v) is 8.31. The van der Waals surface area contributed by atoms with Crippen LogP contribution < -0.4 is 14.7 Å². The van der Waals surface area contributed by atoms with Crippen molar-refractivity contribution in [3.05, 3.63) is 78.8 Å². The summed E-state index contributed by atoms with van der Waals surface area (Å²) in [6, 6.07) is 13.1. The monoisotopic (exact) mass is 482 g/mol. The van der Waals surface area contributed by atoms with Crippen LogP contribution in [0.15, 0.2) is 58.4 Å². The molecule has 3 heterocycles. The van der Waals surface area contributed by atoms with Crippen LogP contribution in [0.5, 0.6) is 0 Å². The molecule has 1 aromatic heterocycles. The summed E-state index contributed by atoms with van der Waals surface area (Å²) < 4.78 is 0. The lowest BCUT2D eigenvalue weighted by molar-refractivity contribution is -0.384. The molecule has 9 nitrogen and oxygen atoms in total. The maximum absolute atomic E-state index is 13.6. The van der Waals surface area contributed by atoms with E-state index >= 15 is 0 Å². The van der Waals surface area contributed by atoms with E-state index in [9.17, 15) is 24.5 Å². The van der Waals surface area contributed by atoms with Gasteiger partial charge in [0.2, 0.25) is 11.8 Å². The first-order valence-electron chi connectivity index (χ1n) is 10.1. The summed E-state index contributed by atoms with van der Waals surface area (Å²) in [5.74, 6) is -1.91. The summed E-state index contributed by atoms with van der Waals surface area (Å²) in [6.07, 6.45) is 0. The molecule has 3 aromatic rings. The molecule has 0 saturated carbocycles. The van der Waals surface area contributed by atoms with E-state index in [0.717, 1.165) is 32.4 Å². The molecule has 2 aliphatic rings. The lowest BCUT2D eigenvalue weighted by atomic mass is 9.83. The van der Waals surface area contributed by atoms with E-state index in [0.29, 0.717) is 10.7 Å². The molecule has 33 heavy (non-hydrogen) atoms. The van der Waals surface area contributed by atoms with Crippen LogP contribution in [-0.4, -0.2) is 41.1 Å². The zero-order chi connectivity index (χ0) is 23.4. The predicted octanol–water partition coefficient (Wildman–Crippen LogP) is 3.21. The van der Waals surface area contributed by atoms with E-state index in [1.54, 1.807) is 0 Å². The van der Waals surface area contributed by atoms with E-state index in [-0.39, 0.29) is 16.5 Å². The fourth-order valence-corrected chi connectivity index (χ4v) is 6.85. The largest absolute Gasteiger partial charge is 0.378 e. The van der Waals surface area contributed by atoms with E-state index in [4.69, 9.17) is 0 Å². The molecular formula is C22H18N4O5S2.